The van der Waals surface area contributed by atoms with E-state index in [1.54, 1.807) is 13.0 Å². The number of rotatable bonds is 4. The van der Waals surface area contributed by atoms with Crippen molar-refractivity contribution in [1.82, 2.24) is 15.2 Å². The lowest BCUT2D eigenvalue weighted by atomic mass is 10.2. The molecule has 2 rings (SSSR count). The summed E-state index contributed by atoms with van der Waals surface area (Å²) in [4.78, 5) is 15.7. The Hall–Kier alpha value is -2.57. The van der Waals surface area contributed by atoms with Crippen molar-refractivity contribution in [3.63, 3.8) is 0 Å². The van der Waals surface area contributed by atoms with Gasteiger partial charge >= 0.3 is 5.97 Å². The highest BCUT2D eigenvalue weighted by Gasteiger charge is 2.16. The summed E-state index contributed by atoms with van der Waals surface area (Å²) in [7, 11) is 0. The van der Waals surface area contributed by atoms with Crippen LogP contribution in [0.15, 0.2) is 18.3 Å². The Kier molecular flexibility index (Phi) is 3.65. The highest BCUT2D eigenvalue weighted by atomic mass is 16.5. The van der Waals surface area contributed by atoms with Crippen molar-refractivity contribution in [2.75, 3.05) is 12.3 Å². The van der Waals surface area contributed by atoms with E-state index in [0.717, 1.165) is 5.69 Å². The summed E-state index contributed by atoms with van der Waals surface area (Å²) in [6.45, 7) is 3.83. The van der Waals surface area contributed by atoms with Crippen LogP contribution >= 0.6 is 0 Å². The van der Waals surface area contributed by atoms with Gasteiger partial charge in [0.05, 0.1) is 12.8 Å². The monoisotopic (exact) mass is 262 g/mol. The van der Waals surface area contributed by atoms with Crippen LogP contribution in [0.5, 0.6) is 11.6 Å². The number of aromatic amines is 1. The number of carbonyl (C=O) groups is 1. The molecule has 0 fully saturated rings. The second-order valence-electron chi connectivity index (χ2n) is 3.82. The van der Waals surface area contributed by atoms with Gasteiger partial charge in [0.2, 0.25) is 5.88 Å². The number of ether oxygens (including phenoxy) is 2. The number of aryl methyl sites for hydroxylation is 1. The number of esters is 1. The van der Waals surface area contributed by atoms with E-state index < -0.39 is 5.97 Å². The zero-order valence-corrected chi connectivity index (χ0v) is 10.6. The fourth-order valence-electron chi connectivity index (χ4n) is 1.47. The first-order chi connectivity index (χ1) is 9.10. The van der Waals surface area contributed by atoms with Crippen LogP contribution in [0.4, 0.5) is 5.82 Å². The molecule has 0 spiro atoms. The molecular weight excluding hydrogens is 248 g/mol. The van der Waals surface area contributed by atoms with Crippen molar-refractivity contribution < 1.29 is 14.3 Å². The summed E-state index contributed by atoms with van der Waals surface area (Å²) in [6, 6.07) is 3.11. The third-order valence-corrected chi connectivity index (χ3v) is 2.28. The third kappa shape index (κ3) is 3.01. The van der Waals surface area contributed by atoms with Crippen molar-refractivity contribution in [1.29, 1.82) is 0 Å². The minimum absolute atomic E-state index is 0.216. The summed E-state index contributed by atoms with van der Waals surface area (Å²) >= 11 is 0. The molecule has 2 heterocycles. The number of hydrogen-bond acceptors (Lipinski definition) is 6. The van der Waals surface area contributed by atoms with Gasteiger partial charge in [0.1, 0.15) is 11.4 Å². The zero-order chi connectivity index (χ0) is 13.8. The van der Waals surface area contributed by atoms with Crippen LogP contribution < -0.4 is 10.5 Å². The largest absolute Gasteiger partial charge is 0.462 e. The highest BCUT2D eigenvalue weighted by molar-refractivity contribution is 5.93. The lowest BCUT2D eigenvalue weighted by Gasteiger charge is -2.08. The minimum Gasteiger partial charge on any atom is -0.462 e. The Labute approximate surface area is 109 Å². The molecule has 0 saturated heterocycles. The highest BCUT2D eigenvalue weighted by Crippen LogP contribution is 2.25. The minimum atomic E-state index is -0.515. The Bertz CT molecular complexity index is 594. The molecule has 7 heteroatoms. The lowest BCUT2D eigenvalue weighted by Crippen LogP contribution is -2.08. The molecule has 0 amide bonds. The number of aromatic nitrogens is 3. The van der Waals surface area contributed by atoms with Crippen LogP contribution in [-0.2, 0) is 4.74 Å². The maximum absolute atomic E-state index is 11.8. The standard InChI is InChI=1S/C12H14N4O3/c1-3-18-12(17)8-5-10(13)14-6-9(8)19-11-4-7(2)15-16-11/h4-6H,3H2,1-2H3,(H2,13,14)(H,15,16). The maximum atomic E-state index is 11.8. The van der Waals surface area contributed by atoms with Crippen LogP contribution in [0.25, 0.3) is 0 Å². The molecule has 19 heavy (non-hydrogen) atoms. The fraction of sp³-hybridized carbons (Fsp3) is 0.250. The van der Waals surface area contributed by atoms with E-state index in [-0.39, 0.29) is 23.7 Å². The topological polar surface area (TPSA) is 103 Å². The number of nitrogens with two attached hydrogens (primary N) is 1. The third-order valence-electron chi connectivity index (χ3n) is 2.28. The van der Waals surface area contributed by atoms with Crippen molar-refractivity contribution in [3.8, 4) is 11.6 Å². The van der Waals surface area contributed by atoms with Crippen LogP contribution in [0.1, 0.15) is 23.0 Å². The molecule has 0 atom stereocenters. The Morgan fingerprint density at radius 3 is 2.89 bits per heavy atom. The molecule has 0 aliphatic rings. The van der Waals surface area contributed by atoms with Gasteiger partial charge in [0.25, 0.3) is 0 Å². The first-order valence-electron chi connectivity index (χ1n) is 5.72. The van der Waals surface area contributed by atoms with Crippen LogP contribution in [0.2, 0.25) is 0 Å². The number of nitrogen functional groups attached to an aromatic ring is 1. The number of pyridine rings is 1. The maximum Gasteiger partial charge on any atom is 0.342 e. The molecule has 0 unspecified atom stereocenters. The van der Waals surface area contributed by atoms with Gasteiger partial charge in [-0.2, -0.15) is 0 Å². The number of anilines is 1. The molecule has 3 N–H and O–H groups in total. The van der Waals surface area contributed by atoms with E-state index >= 15 is 0 Å². The predicted octanol–water partition coefficient (Wildman–Crippen LogP) is 1.66. The number of carbonyl (C=O) groups excluding carboxylic acids is 1. The molecule has 100 valence electrons. The number of H-pyrrole nitrogens is 1. The number of hydrogen-bond donors (Lipinski definition) is 2. The van der Waals surface area contributed by atoms with Gasteiger partial charge in [-0.05, 0) is 19.9 Å². The number of nitrogens with zero attached hydrogens (tertiary/aromatic N) is 2. The van der Waals surface area contributed by atoms with Gasteiger partial charge in [-0.1, -0.05) is 0 Å². The predicted molar refractivity (Wildman–Crippen MR) is 68.0 cm³/mol. The van der Waals surface area contributed by atoms with Gasteiger partial charge in [-0.15, -0.1) is 5.10 Å². The smallest absolute Gasteiger partial charge is 0.342 e. The summed E-state index contributed by atoms with van der Waals surface area (Å²) in [5.74, 6) is 0.293. The first-order valence-corrected chi connectivity index (χ1v) is 5.72. The first kappa shape index (κ1) is 12.9. The Balaban J connectivity index is 2.31. The normalized spacial score (nSPS) is 10.2. The molecular formula is C12H14N4O3. The van der Waals surface area contributed by atoms with Gasteiger partial charge in [-0.25, -0.2) is 9.78 Å². The molecule has 0 bridgehead atoms. The van der Waals surface area contributed by atoms with Crippen LogP contribution in [0, 0.1) is 6.92 Å². The number of nitrogens with one attached hydrogen (secondary N) is 1. The van der Waals surface area contributed by atoms with Gasteiger partial charge in [-0.3, -0.25) is 5.10 Å². The van der Waals surface area contributed by atoms with E-state index in [0.29, 0.717) is 5.88 Å². The zero-order valence-electron chi connectivity index (χ0n) is 10.6. The van der Waals surface area contributed by atoms with Crippen molar-refractivity contribution in [2.45, 2.75) is 13.8 Å². The second-order valence-corrected chi connectivity index (χ2v) is 3.82. The van der Waals surface area contributed by atoms with Crippen molar-refractivity contribution >= 4 is 11.8 Å². The fourth-order valence-corrected chi connectivity index (χ4v) is 1.47. The van der Waals surface area contributed by atoms with E-state index in [2.05, 4.69) is 15.2 Å². The molecule has 0 aromatic carbocycles. The quantitative estimate of drug-likeness (QED) is 0.812. The van der Waals surface area contributed by atoms with E-state index in [9.17, 15) is 4.79 Å². The Morgan fingerprint density at radius 1 is 1.47 bits per heavy atom. The average molecular weight is 262 g/mol. The van der Waals surface area contributed by atoms with Crippen LogP contribution in [0.3, 0.4) is 0 Å². The Morgan fingerprint density at radius 2 is 2.26 bits per heavy atom. The van der Waals surface area contributed by atoms with Crippen molar-refractivity contribution in [3.05, 3.63) is 29.6 Å². The summed E-state index contributed by atoms with van der Waals surface area (Å²) < 4.78 is 10.4. The molecule has 0 aliphatic heterocycles. The van der Waals surface area contributed by atoms with Crippen molar-refractivity contribution in [2.24, 2.45) is 0 Å². The second kappa shape index (κ2) is 5.38. The summed E-state index contributed by atoms with van der Waals surface area (Å²) in [5, 5.41) is 6.66. The SMILES string of the molecule is CCOC(=O)c1cc(N)ncc1Oc1cc(C)[nH]n1. The molecule has 2 aromatic heterocycles. The summed E-state index contributed by atoms with van der Waals surface area (Å²) in [5.41, 5.74) is 6.62. The average Bonchev–Trinajstić information content (AvgIpc) is 2.77. The molecule has 0 aliphatic carbocycles. The molecule has 0 saturated carbocycles. The summed E-state index contributed by atoms with van der Waals surface area (Å²) in [6.07, 6.45) is 1.37. The molecule has 7 nitrogen and oxygen atoms in total. The van der Waals surface area contributed by atoms with Gasteiger partial charge in [0.15, 0.2) is 5.75 Å². The molecule has 0 radical (unpaired) electrons. The van der Waals surface area contributed by atoms with E-state index in [1.165, 1.54) is 12.3 Å². The van der Waals surface area contributed by atoms with E-state index in [4.69, 9.17) is 15.2 Å². The molecule has 2 aromatic rings. The van der Waals surface area contributed by atoms with Gasteiger partial charge < -0.3 is 15.2 Å². The lowest BCUT2D eigenvalue weighted by molar-refractivity contribution is 0.0523. The van der Waals surface area contributed by atoms with Gasteiger partial charge in [0, 0.05) is 11.8 Å². The van der Waals surface area contributed by atoms with Crippen LogP contribution in [-0.4, -0.2) is 27.8 Å². The van der Waals surface area contributed by atoms with E-state index in [1.807, 2.05) is 6.92 Å².